The van der Waals surface area contributed by atoms with Crippen molar-refractivity contribution in [2.75, 3.05) is 11.9 Å². The Balaban J connectivity index is 2.07. The van der Waals surface area contributed by atoms with Gasteiger partial charge in [0.05, 0.1) is 11.0 Å². The van der Waals surface area contributed by atoms with Gasteiger partial charge in [0.25, 0.3) is 11.6 Å². The van der Waals surface area contributed by atoms with Crippen LogP contribution in [0.4, 0.5) is 15.8 Å². The van der Waals surface area contributed by atoms with Gasteiger partial charge in [0.2, 0.25) is 0 Å². The van der Waals surface area contributed by atoms with Crippen molar-refractivity contribution in [2.24, 2.45) is 0 Å². The number of aryl methyl sites for hydroxylation is 1. The lowest BCUT2D eigenvalue weighted by Gasteiger charge is -2.07. The number of nitro groups is 1. The fourth-order valence-corrected chi connectivity index (χ4v) is 2.63. The third-order valence-electron chi connectivity index (χ3n) is 3.76. The average Bonchev–Trinajstić information content (AvgIpc) is 2.88. The summed E-state index contributed by atoms with van der Waals surface area (Å²) in [5.74, 6) is -2.75. The van der Waals surface area contributed by atoms with Crippen molar-refractivity contribution in [2.45, 2.75) is 20.8 Å². The number of ketones is 1. The molecule has 0 aliphatic heterocycles. The van der Waals surface area contributed by atoms with Gasteiger partial charge in [-0.3, -0.25) is 19.7 Å². The number of Topliss-reactive ketones (excluding diaryl/α,β-unsaturated/α-hetero) is 1. The van der Waals surface area contributed by atoms with Gasteiger partial charge in [-0.1, -0.05) is 0 Å². The molecule has 10 heteroatoms. The van der Waals surface area contributed by atoms with Gasteiger partial charge in [-0.15, -0.1) is 0 Å². The number of rotatable bonds is 6. The predicted octanol–water partition coefficient (Wildman–Crippen LogP) is 2.68. The largest absolute Gasteiger partial charge is 0.451 e. The summed E-state index contributed by atoms with van der Waals surface area (Å²) in [6.45, 7) is 3.83. The fraction of sp³-hybridized carbons (Fsp3) is 0.235. The quantitative estimate of drug-likeness (QED) is 0.344. The first kappa shape index (κ1) is 19.8. The molecule has 2 rings (SSSR count). The van der Waals surface area contributed by atoms with Gasteiger partial charge in [-0.25, -0.2) is 9.18 Å². The second kappa shape index (κ2) is 7.77. The van der Waals surface area contributed by atoms with Crippen LogP contribution in [0.25, 0.3) is 0 Å². The second-order valence-corrected chi connectivity index (χ2v) is 5.72. The average molecular weight is 377 g/mol. The summed E-state index contributed by atoms with van der Waals surface area (Å²) in [5, 5.41) is 13.1. The smallest absolute Gasteiger partial charge is 0.355 e. The Morgan fingerprint density at radius 2 is 1.96 bits per heavy atom. The Bertz CT molecular complexity index is 950. The Hall–Kier alpha value is -3.56. The molecular formula is C17H16FN3O6. The number of nitrogens with zero attached hydrogens (tertiary/aromatic N) is 1. The number of anilines is 1. The minimum atomic E-state index is -0.855. The second-order valence-electron chi connectivity index (χ2n) is 5.72. The van der Waals surface area contributed by atoms with Crippen LogP contribution < -0.4 is 5.32 Å². The minimum Gasteiger partial charge on any atom is -0.451 e. The van der Waals surface area contributed by atoms with Crippen molar-refractivity contribution in [1.82, 2.24) is 4.98 Å². The van der Waals surface area contributed by atoms with Crippen LogP contribution in [0.2, 0.25) is 0 Å². The van der Waals surface area contributed by atoms with Gasteiger partial charge in [-0.05, 0) is 38.5 Å². The van der Waals surface area contributed by atoms with Crippen molar-refractivity contribution in [3.8, 4) is 0 Å². The first-order valence-corrected chi connectivity index (χ1v) is 7.72. The molecule has 0 saturated heterocycles. The molecular weight excluding hydrogens is 361 g/mol. The maximum absolute atomic E-state index is 13.1. The van der Waals surface area contributed by atoms with E-state index in [-0.39, 0.29) is 17.2 Å². The highest BCUT2D eigenvalue weighted by Gasteiger charge is 2.22. The van der Waals surface area contributed by atoms with Crippen molar-refractivity contribution >= 4 is 29.0 Å². The molecule has 2 aromatic rings. The van der Waals surface area contributed by atoms with Crippen molar-refractivity contribution < 1.29 is 28.4 Å². The number of nitro benzene ring substituents is 1. The molecule has 27 heavy (non-hydrogen) atoms. The number of nitrogens with one attached hydrogen (secondary N) is 2. The van der Waals surface area contributed by atoms with E-state index in [1.807, 2.05) is 0 Å². The van der Waals surface area contributed by atoms with Crippen LogP contribution in [0.15, 0.2) is 18.2 Å². The summed E-state index contributed by atoms with van der Waals surface area (Å²) in [7, 11) is 0. The molecule has 0 radical (unpaired) electrons. The maximum atomic E-state index is 13.1. The number of ether oxygens (including phenoxy) is 1. The van der Waals surface area contributed by atoms with Crippen LogP contribution in [-0.2, 0) is 9.53 Å². The molecule has 0 bridgehead atoms. The molecule has 0 fully saturated rings. The van der Waals surface area contributed by atoms with Crippen LogP contribution in [0, 0.1) is 29.8 Å². The number of esters is 1. The van der Waals surface area contributed by atoms with Crippen LogP contribution >= 0.6 is 0 Å². The van der Waals surface area contributed by atoms with E-state index in [0.29, 0.717) is 22.9 Å². The lowest BCUT2D eigenvalue weighted by molar-refractivity contribution is -0.384. The number of aromatic nitrogens is 1. The monoisotopic (exact) mass is 377 g/mol. The normalized spacial score (nSPS) is 10.4. The molecule has 9 nitrogen and oxygen atoms in total. The standard InChI is InChI=1S/C17H16FN3O6/c1-8-15(10(3)22)9(2)19-16(8)17(24)27-7-14(23)20-12-5-4-11(18)6-13(12)21(25)26/h4-6,19H,7H2,1-3H3,(H,20,23). The van der Waals surface area contributed by atoms with Gasteiger partial charge >= 0.3 is 5.97 Å². The van der Waals surface area contributed by atoms with Crippen molar-refractivity contribution in [3.63, 3.8) is 0 Å². The van der Waals surface area contributed by atoms with Gasteiger partial charge in [0.15, 0.2) is 12.4 Å². The molecule has 0 aliphatic rings. The Kier molecular flexibility index (Phi) is 5.69. The summed E-state index contributed by atoms with van der Waals surface area (Å²) in [6, 6.07) is 2.64. The van der Waals surface area contributed by atoms with Crippen LogP contribution in [0.1, 0.15) is 39.0 Å². The van der Waals surface area contributed by atoms with E-state index in [2.05, 4.69) is 10.3 Å². The molecule has 2 N–H and O–H groups in total. The summed E-state index contributed by atoms with van der Waals surface area (Å²) in [4.78, 5) is 48.4. The molecule has 1 aromatic carbocycles. The van der Waals surface area contributed by atoms with E-state index in [1.54, 1.807) is 13.8 Å². The number of aromatic amines is 1. The van der Waals surface area contributed by atoms with Crippen molar-refractivity contribution in [1.29, 1.82) is 0 Å². The molecule has 0 spiro atoms. The maximum Gasteiger partial charge on any atom is 0.355 e. The summed E-state index contributed by atoms with van der Waals surface area (Å²) in [5.41, 5.74) is 0.453. The third-order valence-corrected chi connectivity index (χ3v) is 3.76. The van der Waals surface area contributed by atoms with Crippen molar-refractivity contribution in [3.05, 3.63) is 56.6 Å². The number of hydrogen-bond donors (Lipinski definition) is 2. The van der Waals surface area contributed by atoms with E-state index in [0.717, 1.165) is 12.1 Å². The Labute approximate surface area is 152 Å². The van der Waals surface area contributed by atoms with E-state index >= 15 is 0 Å². The Morgan fingerprint density at radius 1 is 1.30 bits per heavy atom. The number of carbonyl (C=O) groups is 3. The number of benzene rings is 1. The minimum absolute atomic E-state index is 0.0401. The molecule has 0 saturated carbocycles. The molecule has 0 unspecified atom stereocenters. The lowest BCUT2D eigenvalue weighted by atomic mass is 10.1. The molecule has 1 aromatic heterocycles. The predicted molar refractivity (Wildman–Crippen MR) is 92.2 cm³/mol. The van der Waals surface area contributed by atoms with E-state index < -0.39 is 34.9 Å². The highest BCUT2D eigenvalue weighted by Crippen LogP contribution is 2.25. The molecule has 1 amide bonds. The van der Waals surface area contributed by atoms with Gasteiger partial charge in [-0.2, -0.15) is 0 Å². The fourth-order valence-electron chi connectivity index (χ4n) is 2.63. The number of halogens is 1. The molecule has 142 valence electrons. The Morgan fingerprint density at radius 3 is 2.52 bits per heavy atom. The zero-order valence-electron chi connectivity index (χ0n) is 14.7. The topological polar surface area (TPSA) is 131 Å². The summed E-state index contributed by atoms with van der Waals surface area (Å²) in [6.07, 6.45) is 0. The van der Waals surface area contributed by atoms with Crippen LogP contribution in [-0.4, -0.2) is 34.2 Å². The summed E-state index contributed by atoms with van der Waals surface area (Å²) >= 11 is 0. The number of H-pyrrole nitrogens is 1. The van der Waals surface area contributed by atoms with Gasteiger partial charge < -0.3 is 15.0 Å². The highest BCUT2D eigenvalue weighted by atomic mass is 19.1. The van der Waals surface area contributed by atoms with E-state index in [4.69, 9.17) is 4.74 Å². The van der Waals surface area contributed by atoms with E-state index in [9.17, 15) is 28.9 Å². The van der Waals surface area contributed by atoms with Crippen LogP contribution in [0.3, 0.4) is 0 Å². The lowest BCUT2D eigenvalue weighted by Crippen LogP contribution is -2.22. The van der Waals surface area contributed by atoms with Gasteiger partial charge in [0, 0.05) is 11.3 Å². The SMILES string of the molecule is CC(=O)c1c(C)[nH]c(C(=O)OCC(=O)Nc2ccc(F)cc2[N+](=O)[O-])c1C. The number of hydrogen-bond acceptors (Lipinski definition) is 6. The van der Waals surface area contributed by atoms with E-state index in [1.165, 1.54) is 6.92 Å². The highest BCUT2D eigenvalue weighted by molar-refractivity contribution is 6.02. The summed E-state index contributed by atoms with van der Waals surface area (Å²) < 4.78 is 18.0. The van der Waals surface area contributed by atoms with Gasteiger partial charge in [0.1, 0.15) is 17.2 Å². The number of carbonyl (C=O) groups excluding carboxylic acids is 3. The first-order valence-electron chi connectivity index (χ1n) is 7.72. The molecule has 0 aliphatic carbocycles. The first-order chi connectivity index (χ1) is 12.6. The zero-order chi connectivity index (χ0) is 20.3. The molecule has 0 atom stereocenters. The number of amides is 1. The molecule has 1 heterocycles. The van der Waals surface area contributed by atoms with Crippen LogP contribution in [0.5, 0.6) is 0 Å². The zero-order valence-corrected chi connectivity index (χ0v) is 14.7. The third kappa shape index (κ3) is 4.35.